The Labute approximate surface area is 99.2 Å². The molecule has 3 aliphatic rings. The number of nitrogens with one attached hydrogen (secondary N) is 1. The first-order chi connectivity index (χ1) is 7.84. The van der Waals surface area contributed by atoms with E-state index in [-0.39, 0.29) is 0 Å². The Morgan fingerprint density at radius 1 is 0.938 bits per heavy atom. The van der Waals surface area contributed by atoms with Crippen LogP contribution < -0.4 is 5.32 Å². The van der Waals surface area contributed by atoms with Gasteiger partial charge in [0.15, 0.2) is 0 Å². The molecule has 3 heterocycles. The van der Waals surface area contributed by atoms with Gasteiger partial charge in [0.25, 0.3) is 0 Å². The second kappa shape index (κ2) is 4.63. The summed E-state index contributed by atoms with van der Waals surface area (Å²) in [7, 11) is 0. The van der Waals surface area contributed by atoms with Crippen molar-refractivity contribution in [2.45, 2.75) is 50.7 Å². The van der Waals surface area contributed by atoms with Crippen molar-refractivity contribution in [1.29, 1.82) is 0 Å². The molecular formula is C13H25N3. The molecule has 3 aliphatic heterocycles. The average Bonchev–Trinajstić information content (AvgIpc) is 2.79. The predicted octanol–water partition coefficient (Wildman–Crippen LogP) is 0.907. The van der Waals surface area contributed by atoms with Crippen molar-refractivity contribution in [3.63, 3.8) is 0 Å². The molecule has 0 spiro atoms. The quantitative estimate of drug-likeness (QED) is 0.713. The first kappa shape index (κ1) is 11.0. The minimum atomic E-state index is 0.679. The van der Waals surface area contributed by atoms with Crippen LogP contribution in [-0.4, -0.2) is 60.6 Å². The molecule has 0 aromatic heterocycles. The highest BCUT2D eigenvalue weighted by atomic mass is 15.3. The third-order valence-corrected chi connectivity index (χ3v) is 4.66. The van der Waals surface area contributed by atoms with Gasteiger partial charge >= 0.3 is 0 Å². The van der Waals surface area contributed by atoms with E-state index in [0.717, 1.165) is 12.1 Å². The van der Waals surface area contributed by atoms with Crippen LogP contribution in [0.5, 0.6) is 0 Å². The number of rotatable bonds is 1. The molecule has 3 rings (SSSR count). The second-order valence-electron chi connectivity index (χ2n) is 5.81. The number of hydrogen-bond donors (Lipinski definition) is 1. The van der Waals surface area contributed by atoms with E-state index in [1.807, 2.05) is 0 Å². The fraction of sp³-hybridized carbons (Fsp3) is 1.00. The summed E-state index contributed by atoms with van der Waals surface area (Å²) in [6.45, 7) is 8.83. The molecule has 0 aromatic rings. The zero-order valence-electron chi connectivity index (χ0n) is 10.5. The molecule has 92 valence electrons. The van der Waals surface area contributed by atoms with Gasteiger partial charge in [0.2, 0.25) is 0 Å². The van der Waals surface area contributed by atoms with Crippen molar-refractivity contribution in [3.8, 4) is 0 Å². The molecule has 0 saturated carbocycles. The maximum absolute atomic E-state index is 3.60. The first-order valence-corrected chi connectivity index (χ1v) is 7.06. The first-order valence-electron chi connectivity index (χ1n) is 7.06. The van der Waals surface area contributed by atoms with Crippen LogP contribution >= 0.6 is 0 Å². The molecule has 0 aromatic carbocycles. The van der Waals surface area contributed by atoms with Gasteiger partial charge in [-0.05, 0) is 52.2 Å². The van der Waals surface area contributed by atoms with Crippen LogP contribution in [-0.2, 0) is 0 Å². The van der Waals surface area contributed by atoms with Gasteiger partial charge in [-0.3, -0.25) is 9.80 Å². The van der Waals surface area contributed by atoms with E-state index in [2.05, 4.69) is 22.0 Å². The van der Waals surface area contributed by atoms with E-state index in [1.165, 1.54) is 58.4 Å². The Morgan fingerprint density at radius 2 is 1.75 bits per heavy atom. The zero-order chi connectivity index (χ0) is 11.0. The van der Waals surface area contributed by atoms with Crippen molar-refractivity contribution >= 4 is 0 Å². The van der Waals surface area contributed by atoms with E-state index in [4.69, 9.17) is 0 Å². The van der Waals surface area contributed by atoms with E-state index >= 15 is 0 Å². The number of nitrogens with zero attached hydrogens (tertiary/aromatic N) is 2. The van der Waals surface area contributed by atoms with E-state index in [9.17, 15) is 0 Å². The van der Waals surface area contributed by atoms with Gasteiger partial charge in [0, 0.05) is 31.2 Å². The molecule has 0 amide bonds. The lowest BCUT2D eigenvalue weighted by Gasteiger charge is -2.32. The van der Waals surface area contributed by atoms with Crippen molar-refractivity contribution in [1.82, 2.24) is 15.1 Å². The van der Waals surface area contributed by atoms with Crippen LogP contribution in [0.15, 0.2) is 0 Å². The standard InChI is InChI=1S/C13H25N3/c1-11-10-16(8-3-6-14-11)13-5-9-15-7-2-4-12(13)15/h11-14H,2-10H2,1H3. The largest absolute Gasteiger partial charge is 0.313 e. The minimum Gasteiger partial charge on any atom is -0.313 e. The van der Waals surface area contributed by atoms with Crippen molar-refractivity contribution in [2.75, 3.05) is 32.7 Å². The van der Waals surface area contributed by atoms with Gasteiger partial charge in [-0.15, -0.1) is 0 Å². The zero-order valence-corrected chi connectivity index (χ0v) is 10.5. The van der Waals surface area contributed by atoms with Gasteiger partial charge in [0.05, 0.1) is 0 Å². The third kappa shape index (κ3) is 2.01. The highest BCUT2D eigenvalue weighted by Gasteiger charge is 2.40. The maximum Gasteiger partial charge on any atom is 0.0264 e. The molecule has 1 N–H and O–H groups in total. The van der Waals surface area contributed by atoms with Crippen LogP contribution in [0.2, 0.25) is 0 Å². The lowest BCUT2D eigenvalue weighted by atomic mass is 10.0. The maximum atomic E-state index is 3.60. The summed E-state index contributed by atoms with van der Waals surface area (Å²) in [4.78, 5) is 5.51. The molecule has 0 bridgehead atoms. The summed E-state index contributed by atoms with van der Waals surface area (Å²) >= 11 is 0. The summed E-state index contributed by atoms with van der Waals surface area (Å²) in [6, 6.07) is 2.44. The third-order valence-electron chi connectivity index (χ3n) is 4.66. The predicted molar refractivity (Wildman–Crippen MR) is 66.7 cm³/mol. The lowest BCUT2D eigenvalue weighted by molar-refractivity contribution is 0.159. The normalized spacial score (nSPS) is 42.2. The van der Waals surface area contributed by atoms with Crippen LogP contribution in [0.3, 0.4) is 0 Å². The van der Waals surface area contributed by atoms with Gasteiger partial charge in [-0.2, -0.15) is 0 Å². The van der Waals surface area contributed by atoms with Crippen LogP contribution in [0.1, 0.15) is 32.6 Å². The topological polar surface area (TPSA) is 18.5 Å². The Bertz CT molecular complexity index is 243. The van der Waals surface area contributed by atoms with E-state index < -0.39 is 0 Å². The Balaban J connectivity index is 1.66. The highest BCUT2D eigenvalue weighted by molar-refractivity contribution is 4.97. The SMILES string of the molecule is CC1CN(C2CCN3CCCC23)CCCN1. The molecule has 16 heavy (non-hydrogen) atoms. The van der Waals surface area contributed by atoms with Crippen molar-refractivity contribution in [3.05, 3.63) is 0 Å². The molecule has 3 nitrogen and oxygen atoms in total. The van der Waals surface area contributed by atoms with Crippen LogP contribution in [0.25, 0.3) is 0 Å². The Kier molecular flexibility index (Phi) is 3.18. The second-order valence-corrected chi connectivity index (χ2v) is 5.81. The summed E-state index contributed by atoms with van der Waals surface area (Å²) in [6.07, 6.45) is 5.62. The molecule has 0 radical (unpaired) electrons. The summed E-state index contributed by atoms with van der Waals surface area (Å²) < 4.78 is 0. The smallest absolute Gasteiger partial charge is 0.0264 e. The number of hydrogen-bond acceptors (Lipinski definition) is 3. The van der Waals surface area contributed by atoms with Gasteiger partial charge in [-0.1, -0.05) is 0 Å². The number of fused-ring (bicyclic) bond motifs is 1. The average molecular weight is 223 g/mol. The molecule has 3 fully saturated rings. The molecular weight excluding hydrogens is 198 g/mol. The monoisotopic (exact) mass is 223 g/mol. The van der Waals surface area contributed by atoms with Crippen LogP contribution in [0, 0.1) is 0 Å². The fourth-order valence-corrected chi connectivity index (χ4v) is 3.92. The lowest BCUT2D eigenvalue weighted by Crippen LogP contribution is -2.46. The van der Waals surface area contributed by atoms with Gasteiger partial charge < -0.3 is 5.32 Å². The van der Waals surface area contributed by atoms with E-state index in [0.29, 0.717) is 6.04 Å². The van der Waals surface area contributed by atoms with Gasteiger partial charge in [0.1, 0.15) is 0 Å². The summed E-state index contributed by atoms with van der Waals surface area (Å²) in [5.74, 6) is 0. The molecule has 3 atom stereocenters. The highest BCUT2D eigenvalue weighted by Crippen LogP contribution is 2.31. The van der Waals surface area contributed by atoms with Gasteiger partial charge in [-0.25, -0.2) is 0 Å². The minimum absolute atomic E-state index is 0.679. The van der Waals surface area contributed by atoms with Crippen molar-refractivity contribution < 1.29 is 0 Å². The molecule has 3 unspecified atom stereocenters. The summed E-state index contributed by atoms with van der Waals surface area (Å²) in [5, 5.41) is 3.60. The Hall–Kier alpha value is -0.120. The molecule has 0 aliphatic carbocycles. The Morgan fingerprint density at radius 3 is 2.69 bits per heavy atom. The molecule has 3 heteroatoms. The van der Waals surface area contributed by atoms with Crippen LogP contribution in [0.4, 0.5) is 0 Å². The van der Waals surface area contributed by atoms with Crippen molar-refractivity contribution in [2.24, 2.45) is 0 Å². The fourth-order valence-electron chi connectivity index (χ4n) is 3.92. The molecule has 3 saturated heterocycles. The summed E-state index contributed by atoms with van der Waals surface area (Å²) in [5.41, 5.74) is 0. The van der Waals surface area contributed by atoms with E-state index in [1.54, 1.807) is 0 Å².